The number of hydrogen-bond donors (Lipinski definition) is 1. The van der Waals surface area contributed by atoms with E-state index in [0.29, 0.717) is 17.1 Å². The van der Waals surface area contributed by atoms with Crippen molar-refractivity contribution in [3.8, 4) is 0 Å². The first-order chi connectivity index (χ1) is 11.5. The van der Waals surface area contributed by atoms with Gasteiger partial charge in [-0.25, -0.2) is 4.98 Å². The molecule has 0 unspecified atom stereocenters. The van der Waals surface area contributed by atoms with E-state index >= 15 is 0 Å². The first-order valence-electron chi connectivity index (χ1n) is 8.33. The van der Waals surface area contributed by atoms with Gasteiger partial charge in [0.1, 0.15) is 11.6 Å². The van der Waals surface area contributed by atoms with Crippen LogP contribution in [0.4, 0.5) is 11.5 Å². The number of hydrogen-bond acceptors (Lipinski definition) is 5. The van der Waals surface area contributed by atoms with E-state index in [4.69, 9.17) is 4.42 Å². The quantitative estimate of drug-likeness (QED) is 0.935. The predicted octanol–water partition coefficient (Wildman–Crippen LogP) is 2.80. The van der Waals surface area contributed by atoms with Gasteiger partial charge in [-0.1, -0.05) is 13.8 Å². The molecule has 0 atom stereocenters. The summed E-state index contributed by atoms with van der Waals surface area (Å²) in [4.78, 5) is 21.4. The highest BCUT2D eigenvalue weighted by Crippen LogP contribution is 2.22. The summed E-state index contributed by atoms with van der Waals surface area (Å²) >= 11 is 0. The van der Waals surface area contributed by atoms with Crippen molar-refractivity contribution in [1.29, 1.82) is 0 Å². The highest BCUT2D eigenvalue weighted by molar-refractivity contribution is 6.04. The highest BCUT2D eigenvalue weighted by Gasteiger charge is 2.18. The van der Waals surface area contributed by atoms with Gasteiger partial charge in [-0.3, -0.25) is 4.79 Å². The number of piperazine rings is 1. The molecule has 1 aliphatic heterocycles. The van der Waals surface area contributed by atoms with Crippen LogP contribution >= 0.6 is 0 Å². The number of carbonyl (C=O) groups is 1. The van der Waals surface area contributed by atoms with Gasteiger partial charge in [-0.05, 0) is 25.2 Å². The summed E-state index contributed by atoms with van der Waals surface area (Å²) in [6, 6.07) is 5.55. The van der Waals surface area contributed by atoms with E-state index in [0.717, 1.165) is 31.9 Å². The number of carbonyl (C=O) groups excluding carboxylic acids is 1. The summed E-state index contributed by atoms with van der Waals surface area (Å²) in [6.45, 7) is 8.10. The molecule has 0 aliphatic carbocycles. The van der Waals surface area contributed by atoms with Crippen molar-refractivity contribution in [1.82, 2.24) is 9.88 Å². The lowest BCUT2D eigenvalue weighted by Gasteiger charge is -2.33. The maximum atomic E-state index is 12.4. The maximum Gasteiger partial charge on any atom is 0.260 e. The third-order valence-electron chi connectivity index (χ3n) is 4.32. The van der Waals surface area contributed by atoms with Crippen molar-refractivity contribution < 1.29 is 9.21 Å². The first kappa shape index (κ1) is 16.5. The number of pyridine rings is 1. The van der Waals surface area contributed by atoms with Gasteiger partial charge in [-0.2, -0.15) is 0 Å². The van der Waals surface area contributed by atoms with Crippen molar-refractivity contribution in [2.45, 2.75) is 19.8 Å². The van der Waals surface area contributed by atoms with E-state index in [2.05, 4.69) is 27.1 Å². The molecule has 1 aliphatic rings. The Hall–Kier alpha value is -2.34. The molecule has 0 aromatic carbocycles. The molecule has 0 radical (unpaired) electrons. The van der Waals surface area contributed by atoms with Crippen molar-refractivity contribution >= 4 is 17.4 Å². The Balaban J connectivity index is 1.66. The minimum Gasteiger partial charge on any atom is -0.468 e. The summed E-state index contributed by atoms with van der Waals surface area (Å²) in [6.07, 6.45) is 3.37. The second-order valence-electron chi connectivity index (χ2n) is 6.50. The molecular formula is C18H24N4O2. The zero-order chi connectivity index (χ0) is 17.1. The van der Waals surface area contributed by atoms with E-state index in [1.807, 2.05) is 32.2 Å². The molecule has 0 spiro atoms. The van der Waals surface area contributed by atoms with Gasteiger partial charge >= 0.3 is 0 Å². The molecule has 0 saturated carbocycles. The molecule has 1 amide bonds. The molecule has 1 saturated heterocycles. The maximum absolute atomic E-state index is 12.4. The van der Waals surface area contributed by atoms with E-state index in [1.165, 1.54) is 0 Å². The zero-order valence-corrected chi connectivity index (χ0v) is 14.5. The van der Waals surface area contributed by atoms with Crippen molar-refractivity contribution in [2.75, 3.05) is 43.4 Å². The number of aromatic nitrogens is 1. The number of rotatable bonds is 4. The zero-order valence-electron chi connectivity index (χ0n) is 14.5. The number of nitrogens with zero attached hydrogens (tertiary/aromatic N) is 3. The Morgan fingerprint density at radius 1 is 1.21 bits per heavy atom. The summed E-state index contributed by atoms with van der Waals surface area (Å²) in [5, 5.41) is 2.84. The average molecular weight is 328 g/mol. The number of likely N-dealkylation sites (N-methyl/N-ethyl adjacent to an activating group) is 1. The van der Waals surface area contributed by atoms with Crippen LogP contribution in [0.15, 0.2) is 35.1 Å². The lowest BCUT2D eigenvalue weighted by atomic mass is 10.1. The summed E-state index contributed by atoms with van der Waals surface area (Å²) in [7, 11) is 2.13. The van der Waals surface area contributed by atoms with Gasteiger partial charge in [0.2, 0.25) is 0 Å². The Bertz CT molecular complexity index is 685. The first-order valence-corrected chi connectivity index (χ1v) is 8.33. The molecule has 1 N–H and O–H groups in total. The van der Waals surface area contributed by atoms with E-state index in [-0.39, 0.29) is 11.8 Å². The van der Waals surface area contributed by atoms with Gasteiger partial charge in [0.15, 0.2) is 0 Å². The molecule has 2 aromatic heterocycles. The Labute approximate surface area is 142 Å². The second-order valence-corrected chi connectivity index (χ2v) is 6.50. The third kappa shape index (κ3) is 3.59. The van der Waals surface area contributed by atoms with Gasteiger partial charge in [-0.15, -0.1) is 0 Å². The van der Waals surface area contributed by atoms with Crippen molar-refractivity contribution in [3.05, 3.63) is 42.0 Å². The van der Waals surface area contributed by atoms with Crippen molar-refractivity contribution in [3.63, 3.8) is 0 Å². The van der Waals surface area contributed by atoms with Crippen LogP contribution < -0.4 is 10.2 Å². The van der Waals surface area contributed by atoms with Crippen LogP contribution in [0.1, 0.15) is 35.9 Å². The monoisotopic (exact) mass is 328 g/mol. The number of amides is 1. The predicted molar refractivity (Wildman–Crippen MR) is 94.7 cm³/mol. The molecule has 0 bridgehead atoms. The smallest absolute Gasteiger partial charge is 0.260 e. The normalized spacial score (nSPS) is 15.8. The van der Waals surface area contributed by atoms with Crippen LogP contribution in [0, 0.1) is 0 Å². The van der Waals surface area contributed by atoms with Crippen molar-refractivity contribution in [2.24, 2.45) is 0 Å². The van der Waals surface area contributed by atoms with Crippen LogP contribution in [-0.4, -0.2) is 49.0 Å². The lowest BCUT2D eigenvalue weighted by molar-refractivity contribution is 0.102. The standard InChI is InChI=1S/C18H24N4O2/c1-13(2)17-15(6-11-24-17)18(23)20-16-5-4-14(12-19-16)22-9-7-21(3)8-10-22/h4-6,11-13H,7-10H2,1-3H3,(H,19,20,23). The van der Waals surface area contributed by atoms with Gasteiger partial charge in [0, 0.05) is 32.1 Å². The molecule has 1 fully saturated rings. The van der Waals surface area contributed by atoms with Crippen LogP contribution in [0.5, 0.6) is 0 Å². The molecule has 3 rings (SSSR count). The topological polar surface area (TPSA) is 61.6 Å². The average Bonchev–Trinajstić information content (AvgIpc) is 3.06. The Morgan fingerprint density at radius 3 is 2.58 bits per heavy atom. The van der Waals surface area contributed by atoms with Gasteiger partial charge in [0.05, 0.1) is 23.7 Å². The van der Waals surface area contributed by atoms with Gasteiger partial charge < -0.3 is 19.5 Å². The third-order valence-corrected chi connectivity index (χ3v) is 4.32. The van der Waals surface area contributed by atoms with E-state index in [9.17, 15) is 4.79 Å². The molecular weight excluding hydrogens is 304 g/mol. The fraction of sp³-hybridized carbons (Fsp3) is 0.444. The molecule has 6 nitrogen and oxygen atoms in total. The molecule has 128 valence electrons. The minimum atomic E-state index is -0.188. The summed E-state index contributed by atoms with van der Waals surface area (Å²) in [5.74, 6) is 1.22. The van der Waals surface area contributed by atoms with Crippen LogP contribution in [0.3, 0.4) is 0 Å². The highest BCUT2D eigenvalue weighted by atomic mass is 16.3. The SMILES string of the molecule is CC(C)c1occc1C(=O)Nc1ccc(N2CCN(C)CC2)cn1. The Kier molecular flexibility index (Phi) is 4.85. The van der Waals surface area contributed by atoms with Gasteiger partial charge in [0.25, 0.3) is 5.91 Å². The second kappa shape index (κ2) is 7.05. The van der Waals surface area contributed by atoms with Crippen LogP contribution in [0.2, 0.25) is 0 Å². The minimum absolute atomic E-state index is 0.160. The van der Waals surface area contributed by atoms with Crippen LogP contribution in [-0.2, 0) is 0 Å². The Morgan fingerprint density at radius 2 is 1.96 bits per heavy atom. The number of anilines is 2. The molecule has 24 heavy (non-hydrogen) atoms. The van der Waals surface area contributed by atoms with E-state index in [1.54, 1.807) is 12.3 Å². The lowest BCUT2D eigenvalue weighted by Crippen LogP contribution is -2.44. The summed E-state index contributed by atoms with van der Waals surface area (Å²) < 4.78 is 5.40. The van der Waals surface area contributed by atoms with E-state index < -0.39 is 0 Å². The number of furan rings is 1. The molecule has 3 heterocycles. The number of nitrogens with one attached hydrogen (secondary N) is 1. The van der Waals surface area contributed by atoms with Crippen LogP contribution in [0.25, 0.3) is 0 Å². The molecule has 6 heteroatoms. The fourth-order valence-corrected chi connectivity index (χ4v) is 2.85. The fourth-order valence-electron chi connectivity index (χ4n) is 2.85. The summed E-state index contributed by atoms with van der Waals surface area (Å²) in [5.41, 5.74) is 1.65. The largest absolute Gasteiger partial charge is 0.468 e. The molecule has 2 aromatic rings.